The van der Waals surface area contributed by atoms with E-state index in [1.54, 1.807) is 12.3 Å². The number of anilines is 1. The van der Waals surface area contributed by atoms with Crippen LogP contribution in [0.2, 0.25) is 0 Å². The number of aromatic nitrogens is 1. The maximum absolute atomic E-state index is 14.0. The quantitative estimate of drug-likeness (QED) is 0.354. The van der Waals surface area contributed by atoms with Crippen LogP contribution in [0.1, 0.15) is 31.2 Å². The van der Waals surface area contributed by atoms with Gasteiger partial charge < -0.3 is 15.5 Å². The van der Waals surface area contributed by atoms with Crippen molar-refractivity contribution in [3.05, 3.63) is 60.0 Å². The van der Waals surface area contributed by atoms with E-state index in [9.17, 15) is 4.39 Å². The monoisotopic (exact) mass is 509 g/mol. The molecule has 2 heterocycles. The molecule has 5 nitrogen and oxygen atoms in total. The van der Waals surface area contributed by atoms with Crippen molar-refractivity contribution in [1.82, 2.24) is 15.6 Å². The second-order valence-corrected chi connectivity index (χ2v) is 7.62. The van der Waals surface area contributed by atoms with Crippen LogP contribution in [0.4, 0.5) is 10.2 Å². The summed E-state index contributed by atoms with van der Waals surface area (Å²) in [5.41, 5.74) is 1.42. The molecule has 29 heavy (non-hydrogen) atoms. The third kappa shape index (κ3) is 5.58. The maximum Gasteiger partial charge on any atom is 0.191 e. The van der Waals surface area contributed by atoms with Crippen molar-refractivity contribution in [3.63, 3.8) is 0 Å². The fraction of sp³-hybridized carbons (Fsp3) is 0.455. The maximum atomic E-state index is 14.0. The van der Waals surface area contributed by atoms with Gasteiger partial charge in [0.1, 0.15) is 0 Å². The van der Waals surface area contributed by atoms with E-state index in [-0.39, 0.29) is 35.8 Å². The highest BCUT2D eigenvalue weighted by Crippen LogP contribution is 2.47. The minimum absolute atomic E-state index is 0. The molecule has 1 saturated heterocycles. The lowest BCUT2D eigenvalue weighted by atomic mass is 10.1. The largest absolute Gasteiger partial charge is 0.357 e. The molecule has 1 saturated carbocycles. The number of aliphatic imine (C=N–C) groups is 1. The van der Waals surface area contributed by atoms with Crippen LogP contribution in [0.25, 0.3) is 0 Å². The molecule has 2 aliphatic rings. The minimum atomic E-state index is -0.260. The standard InChI is InChI=1S/C22H28FN5.HI/c1-2-24-22(26-14-17-13-19(17)16-7-4-3-5-8-16)27-18-10-12-28(15-18)21-20(23)9-6-11-25-21;/h3-9,11,17-19H,2,10,12-15H2,1H3,(H2,24,26,27);1H. The van der Waals surface area contributed by atoms with Crippen LogP contribution < -0.4 is 15.5 Å². The second kappa shape index (κ2) is 10.2. The Kier molecular flexibility index (Phi) is 7.69. The normalized spacial score (nSPS) is 23.4. The fourth-order valence-corrected chi connectivity index (χ4v) is 3.96. The summed E-state index contributed by atoms with van der Waals surface area (Å²) < 4.78 is 14.0. The highest BCUT2D eigenvalue weighted by Gasteiger charge is 2.37. The molecular formula is C22H29FIN5. The molecular weight excluding hydrogens is 480 g/mol. The lowest BCUT2D eigenvalue weighted by Gasteiger charge is -2.20. The fourth-order valence-electron chi connectivity index (χ4n) is 3.96. The molecule has 4 rings (SSSR count). The van der Waals surface area contributed by atoms with Crippen molar-refractivity contribution in [3.8, 4) is 0 Å². The van der Waals surface area contributed by atoms with Gasteiger partial charge in [-0.1, -0.05) is 30.3 Å². The molecule has 2 N–H and O–H groups in total. The van der Waals surface area contributed by atoms with E-state index in [1.165, 1.54) is 18.1 Å². The summed E-state index contributed by atoms with van der Waals surface area (Å²) in [6, 6.07) is 14.0. The van der Waals surface area contributed by atoms with Crippen LogP contribution in [0.3, 0.4) is 0 Å². The Morgan fingerprint density at radius 3 is 2.83 bits per heavy atom. The molecule has 0 bridgehead atoms. The van der Waals surface area contributed by atoms with Gasteiger partial charge in [0.2, 0.25) is 0 Å². The molecule has 1 aromatic heterocycles. The Morgan fingerprint density at radius 2 is 2.07 bits per heavy atom. The van der Waals surface area contributed by atoms with E-state index in [0.717, 1.165) is 38.6 Å². The van der Waals surface area contributed by atoms with E-state index >= 15 is 0 Å². The Morgan fingerprint density at radius 1 is 1.24 bits per heavy atom. The van der Waals surface area contributed by atoms with Gasteiger partial charge in [0.25, 0.3) is 0 Å². The summed E-state index contributed by atoms with van der Waals surface area (Å²) in [5.74, 6) is 2.30. The lowest BCUT2D eigenvalue weighted by molar-refractivity contribution is 0.612. The summed E-state index contributed by atoms with van der Waals surface area (Å²) in [6.45, 7) is 5.26. The van der Waals surface area contributed by atoms with Crippen molar-refractivity contribution in [2.24, 2.45) is 10.9 Å². The topological polar surface area (TPSA) is 52.6 Å². The SMILES string of the molecule is CCNC(=NCC1CC1c1ccccc1)NC1CCN(c2ncccc2F)C1.I. The third-order valence-electron chi connectivity index (χ3n) is 5.55. The first kappa shape index (κ1) is 21.8. The van der Waals surface area contributed by atoms with Gasteiger partial charge in [-0.05, 0) is 49.3 Å². The first-order valence-electron chi connectivity index (χ1n) is 10.2. The van der Waals surface area contributed by atoms with Crippen molar-refractivity contribution < 1.29 is 4.39 Å². The third-order valence-corrected chi connectivity index (χ3v) is 5.55. The molecule has 1 aliphatic carbocycles. The van der Waals surface area contributed by atoms with E-state index in [0.29, 0.717) is 17.7 Å². The first-order valence-corrected chi connectivity index (χ1v) is 10.2. The van der Waals surface area contributed by atoms with Crippen LogP contribution >= 0.6 is 24.0 Å². The summed E-state index contributed by atoms with van der Waals surface area (Å²) in [4.78, 5) is 11.0. The molecule has 0 spiro atoms. The molecule has 7 heteroatoms. The molecule has 0 radical (unpaired) electrons. The van der Waals surface area contributed by atoms with E-state index in [1.807, 2.05) is 4.90 Å². The number of rotatable bonds is 6. The minimum Gasteiger partial charge on any atom is -0.357 e. The number of nitrogens with zero attached hydrogens (tertiary/aromatic N) is 3. The van der Waals surface area contributed by atoms with Crippen LogP contribution in [0.5, 0.6) is 0 Å². The number of hydrogen-bond acceptors (Lipinski definition) is 3. The summed E-state index contributed by atoms with van der Waals surface area (Å²) in [7, 11) is 0. The average Bonchev–Trinajstić information content (AvgIpc) is 3.36. The molecule has 2 fully saturated rings. The van der Waals surface area contributed by atoms with Crippen molar-refractivity contribution in [2.75, 3.05) is 31.1 Å². The van der Waals surface area contributed by atoms with Gasteiger partial charge in [-0.3, -0.25) is 4.99 Å². The molecule has 3 atom stereocenters. The molecule has 1 aliphatic heterocycles. The Balaban J connectivity index is 0.00000240. The van der Waals surface area contributed by atoms with Crippen LogP contribution in [0, 0.1) is 11.7 Å². The van der Waals surface area contributed by atoms with Gasteiger partial charge in [-0.15, -0.1) is 24.0 Å². The highest BCUT2D eigenvalue weighted by molar-refractivity contribution is 14.0. The van der Waals surface area contributed by atoms with Crippen molar-refractivity contribution in [2.45, 2.75) is 31.7 Å². The van der Waals surface area contributed by atoms with Gasteiger partial charge in [0, 0.05) is 38.4 Å². The first-order chi connectivity index (χ1) is 13.7. The van der Waals surface area contributed by atoms with Crippen LogP contribution in [0.15, 0.2) is 53.7 Å². The van der Waals surface area contributed by atoms with E-state index in [2.05, 4.69) is 52.9 Å². The lowest BCUT2D eigenvalue weighted by Crippen LogP contribution is -2.44. The number of benzene rings is 1. The average molecular weight is 509 g/mol. The van der Waals surface area contributed by atoms with Crippen molar-refractivity contribution in [1.29, 1.82) is 0 Å². The molecule has 3 unspecified atom stereocenters. The van der Waals surface area contributed by atoms with Gasteiger partial charge in [-0.2, -0.15) is 0 Å². The zero-order valence-corrected chi connectivity index (χ0v) is 19.1. The Labute approximate surface area is 189 Å². The van der Waals surface area contributed by atoms with Gasteiger partial charge in [0.15, 0.2) is 17.6 Å². The number of pyridine rings is 1. The van der Waals surface area contributed by atoms with Crippen LogP contribution in [-0.4, -0.2) is 43.2 Å². The van der Waals surface area contributed by atoms with E-state index < -0.39 is 0 Å². The van der Waals surface area contributed by atoms with Crippen molar-refractivity contribution >= 4 is 35.8 Å². The second-order valence-electron chi connectivity index (χ2n) is 7.62. The van der Waals surface area contributed by atoms with Gasteiger partial charge >= 0.3 is 0 Å². The molecule has 2 aromatic rings. The Bertz CT molecular complexity index is 816. The predicted molar refractivity (Wildman–Crippen MR) is 127 cm³/mol. The smallest absolute Gasteiger partial charge is 0.191 e. The predicted octanol–water partition coefficient (Wildman–Crippen LogP) is 3.78. The summed E-state index contributed by atoms with van der Waals surface area (Å²) >= 11 is 0. The summed E-state index contributed by atoms with van der Waals surface area (Å²) in [5, 5.41) is 6.86. The Hall–Kier alpha value is -1.90. The zero-order chi connectivity index (χ0) is 19.3. The number of hydrogen-bond donors (Lipinski definition) is 2. The molecule has 156 valence electrons. The number of halogens is 2. The zero-order valence-electron chi connectivity index (χ0n) is 16.7. The summed E-state index contributed by atoms with van der Waals surface area (Å²) in [6.07, 6.45) is 3.79. The van der Waals surface area contributed by atoms with E-state index in [4.69, 9.17) is 4.99 Å². The number of guanidine groups is 1. The number of nitrogens with one attached hydrogen (secondary N) is 2. The molecule has 1 aromatic carbocycles. The molecule has 0 amide bonds. The van der Waals surface area contributed by atoms with Gasteiger partial charge in [0.05, 0.1) is 0 Å². The van der Waals surface area contributed by atoms with Gasteiger partial charge in [-0.25, -0.2) is 9.37 Å². The highest BCUT2D eigenvalue weighted by atomic mass is 127. The van der Waals surface area contributed by atoms with Crippen LogP contribution in [-0.2, 0) is 0 Å².